The predicted octanol–water partition coefficient (Wildman–Crippen LogP) is 5.62. The Kier molecular flexibility index (Phi) is 14.0. The van der Waals surface area contributed by atoms with Crippen LogP contribution in [0.15, 0.2) is 126 Å². The van der Waals surface area contributed by atoms with Crippen LogP contribution < -0.4 is 4.74 Å². The maximum atomic E-state index is 15.5. The molecule has 2 saturated heterocycles. The van der Waals surface area contributed by atoms with Gasteiger partial charge in [0, 0.05) is 86.3 Å². The first-order valence-electron chi connectivity index (χ1n) is 22.7. The molecule has 1 radical (unpaired) electrons. The number of carbonyl (C=O) groups is 5. The first-order valence-corrected chi connectivity index (χ1v) is 22.7. The number of amides is 1. The van der Waals surface area contributed by atoms with E-state index in [1.54, 1.807) is 124 Å². The van der Waals surface area contributed by atoms with Gasteiger partial charge in [-0.05, 0) is 67.0 Å². The fourth-order valence-electron chi connectivity index (χ4n) is 11.5. The number of hydrogen-bond donors (Lipinski definition) is 3. The fraction of sp³-hybridized carbons (Fsp3) is 0.415. The zero-order valence-corrected chi connectivity index (χ0v) is 43.9. The third-order valence-corrected chi connectivity index (χ3v) is 15.3. The molecule has 1 amide bonds. The topological polar surface area (TPSA) is 205 Å². The number of ether oxygens (including phenoxy) is 6. The van der Waals surface area contributed by atoms with Crippen LogP contribution in [0.5, 0.6) is 5.75 Å². The molecule has 5 aliphatic rings. The van der Waals surface area contributed by atoms with Crippen molar-refractivity contribution in [3.63, 3.8) is 0 Å². The molecule has 8 unspecified atom stereocenters. The number of fused-ring (bicyclic) bond motifs is 5. The zero-order valence-electron chi connectivity index (χ0n) is 39.1. The summed E-state index contributed by atoms with van der Waals surface area (Å²) >= 11 is 0. The van der Waals surface area contributed by atoms with Crippen LogP contribution >= 0.6 is 0 Å². The Balaban J connectivity index is 0.00000642. The number of nitrogens with zero attached hydrogens (tertiary/aromatic N) is 1. The molecule has 3 aliphatic carbocycles. The molecule has 16 heteroatoms. The van der Waals surface area contributed by atoms with E-state index >= 15 is 9.59 Å². The second kappa shape index (κ2) is 19.1. The summed E-state index contributed by atoms with van der Waals surface area (Å²) < 4.78 is 36.7. The average molecular weight is 1160 g/mol. The summed E-state index contributed by atoms with van der Waals surface area (Å²) in [5.41, 5.74) is -6.12. The maximum Gasteiger partial charge on any atom is 0.338 e. The van der Waals surface area contributed by atoms with Gasteiger partial charge in [0.1, 0.15) is 29.2 Å². The summed E-state index contributed by atoms with van der Waals surface area (Å²) in [5.74, 6) is -4.96. The average Bonchev–Trinajstić information content (AvgIpc) is 3.74. The Morgan fingerprint density at radius 1 is 0.783 bits per heavy atom. The van der Waals surface area contributed by atoms with Gasteiger partial charge < -0.3 is 43.7 Å². The van der Waals surface area contributed by atoms with Crippen molar-refractivity contribution in [2.45, 2.75) is 108 Å². The summed E-state index contributed by atoms with van der Waals surface area (Å²) in [5, 5.41) is 38.5. The van der Waals surface area contributed by atoms with Gasteiger partial charge in [-0.1, -0.05) is 92.7 Å². The molecular formula is C53H55AcNO14. The van der Waals surface area contributed by atoms with Gasteiger partial charge in [-0.2, -0.15) is 0 Å². The molecule has 4 fully saturated rings. The van der Waals surface area contributed by atoms with Crippen molar-refractivity contribution in [1.29, 1.82) is 0 Å². The Hall–Kier alpha value is -4.79. The number of methoxy groups -OCH3 is 1. The van der Waals surface area contributed by atoms with Crippen LogP contribution in [0.4, 0.5) is 0 Å². The zero-order chi connectivity index (χ0) is 48.5. The van der Waals surface area contributed by atoms with Crippen molar-refractivity contribution >= 4 is 29.6 Å². The monoisotopic (exact) mass is 1160 g/mol. The SMILES string of the molecule is COc1ccc([C@H]2OC(C(=O)OC3CC4(O)[C@@H](OC(=O)c5ccccc5)C5C6(O)COC6CC(O)[C@@]5(C)C(=O)C(OC(C)=O)C(=C3C)C4(C)C)[C@H](c3ccccc3)N2C(=O)c2ccccc2)cc1.[Ac]. The summed E-state index contributed by atoms with van der Waals surface area (Å²) in [6, 6.07) is 31.3. The van der Waals surface area contributed by atoms with E-state index < -0.39 is 113 Å². The normalized spacial score (nSPS) is 33.2. The number of Topliss-reactive ketones (excluding diaryl/α,β-unsaturated/α-hetero) is 1. The van der Waals surface area contributed by atoms with Crippen molar-refractivity contribution < 1.29 is 112 Å². The predicted molar refractivity (Wildman–Crippen MR) is 241 cm³/mol. The van der Waals surface area contributed by atoms with Crippen LogP contribution in [-0.2, 0) is 38.1 Å². The number of carbonyl (C=O) groups excluding carboxylic acids is 5. The number of aliphatic hydroxyl groups is 3. The van der Waals surface area contributed by atoms with E-state index in [4.69, 9.17) is 28.4 Å². The van der Waals surface area contributed by atoms with Gasteiger partial charge in [-0.3, -0.25) is 19.3 Å². The number of esters is 3. The number of rotatable bonds is 9. The summed E-state index contributed by atoms with van der Waals surface area (Å²) in [6.45, 7) is 7.02. The summed E-state index contributed by atoms with van der Waals surface area (Å²) in [4.78, 5) is 74.4. The minimum absolute atomic E-state index is 0. The van der Waals surface area contributed by atoms with Gasteiger partial charge in [0.15, 0.2) is 24.2 Å². The molecule has 3 N–H and O–H groups in total. The van der Waals surface area contributed by atoms with Crippen molar-refractivity contribution in [2.75, 3.05) is 13.7 Å². The molecule has 15 nitrogen and oxygen atoms in total. The molecule has 359 valence electrons. The van der Waals surface area contributed by atoms with Gasteiger partial charge in [0.05, 0.1) is 42.9 Å². The van der Waals surface area contributed by atoms with E-state index in [-0.39, 0.29) is 73.8 Å². The third-order valence-electron chi connectivity index (χ3n) is 15.3. The quantitative estimate of drug-likeness (QED) is 0.106. The minimum Gasteiger partial charge on any atom is -0.497 e. The Morgan fingerprint density at radius 2 is 1.38 bits per heavy atom. The molecule has 2 aliphatic heterocycles. The second-order valence-corrected chi connectivity index (χ2v) is 19.2. The largest absolute Gasteiger partial charge is 0.497 e. The molecule has 9 rings (SSSR count). The van der Waals surface area contributed by atoms with E-state index in [9.17, 15) is 29.7 Å². The minimum atomic E-state index is -2.34. The first-order chi connectivity index (χ1) is 32.4. The molecule has 4 aromatic rings. The van der Waals surface area contributed by atoms with Crippen molar-refractivity contribution in [3.05, 3.63) is 149 Å². The van der Waals surface area contributed by atoms with Gasteiger partial charge in [0.2, 0.25) is 0 Å². The van der Waals surface area contributed by atoms with Crippen LogP contribution in [0.2, 0.25) is 0 Å². The van der Waals surface area contributed by atoms with E-state index in [2.05, 4.69) is 0 Å². The molecule has 2 heterocycles. The summed E-state index contributed by atoms with van der Waals surface area (Å²) in [6.07, 6.45) is -10.8. The third kappa shape index (κ3) is 8.27. The maximum absolute atomic E-state index is 15.5. The van der Waals surface area contributed by atoms with Gasteiger partial charge >= 0.3 is 17.9 Å². The number of hydrogen-bond acceptors (Lipinski definition) is 14. The Labute approximate surface area is 435 Å². The standard InChI is InChI=1S/C53H55NO14.Ac/c1-29-36(66-49(60)42-40(31-16-10-7-11-17-31)54(46(58)32-18-12-8-13-19-32)47(67-42)33-22-24-35(63-6)25-23-33)27-53(62)45(68-48(59)34-20-14-9-15-21-34)43-51(5,37(56)26-38-52(43,61)28-64-38)44(57)41(65-30(2)55)39(29)50(53,3)4;/h7-25,36-38,40-43,45,47,56,61-62H,26-28H2,1-6H3;/t36?,37?,38?,40-,41?,42?,43?,45-,47+,51+,52?,53?;/m0./s1. The van der Waals surface area contributed by atoms with E-state index in [1.165, 1.54) is 31.1 Å². The summed E-state index contributed by atoms with van der Waals surface area (Å²) in [7, 11) is 1.53. The molecule has 12 atom stereocenters. The Morgan fingerprint density at radius 3 is 1.94 bits per heavy atom. The van der Waals surface area contributed by atoms with E-state index in [0.29, 0.717) is 22.4 Å². The molecular weight excluding hydrogens is 1100 g/mol. The number of benzene rings is 4. The van der Waals surface area contributed by atoms with E-state index in [0.717, 1.165) is 6.92 Å². The van der Waals surface area contributed by atoms with Crippen molar-refractivity contribution in [1.82, 2.24) is 4.90 Å². The van der Waals surface area contributed by atoms with Crippen molar-refractivity contribution in [2.24, 2.45) is 16.7 Å². The van der Waals surface area contributed by atoms with Gasteiger partial charge in [-0.25, -0.2) is 9.59 Å². The van der Waals surface area contributed by atoms with Crippen molar-refractivity contribution in [3.8, 4) is 5.75 Å². The molecule has 0 aromatic heterocycles. The van der Waals surface area contributed by atoms with Gasteiger partial charge in [0.25, 0.3) is 5.91 Å². The fourth-order valence-corrected chi connectivity index (χ4v) is 11.5. The first kappa shape index (κ1) is 50.6. The molecule has 2 saturated carbocycles. The van der Waals surface area contributed by atoms with Crippen LogP contribution in [0.1, 0.15) is 91.6 Å². The van der Waals surface area contributed by atoms with Crippen LogP contribution in [-0.4, -0.2) is 111 Å². The number of aliphatic hydroxyl groups excluding tert-OH is 1. The van der Waals surface area contributed by atoms with E-state index in [1.807, 2.05) is 0 Å². The molecule has 0 spiro atoms. The molecule has 4 aromatic carbocycles. The molecule has 2 bridgehead atoms. The molecule has 69 heavy (non-hydrogen) atoms. The van der Waals surface area contributed by atoms with Crippen LogP contribution in [0.25, 0.3) is 0 Å². The Bertz CT molecular complexity index is 2650. The van der Waals surface area contributed by atoms with Gasteiger partial charge in [-0.15, -0.1) is 0 Å². The van der Waals surface area contributed by atoms with Crippen LogP contribution in [0.3, 0.4) is 0 Å². The second-order valence-electron chi connectivity index (χ2n) is 19.2. The smallest absolute Gasteiger partial charge is 0.338 e. The number of ketones is 1. The van der Waals surface area contributed by atoms with Crippen LogP contribution in [0, 0.1) is 60.8 Å².